The number of nitrogens with zero attached hydrogens (tertiary/aromatic N) is 1. The topological polar surface area (TPSA) is 49.9 Å². The standard InChI is InChI=1S/C17H20F3N3O/c1-10(2)7-15(13-9-22-23-16(13)17(18,19)20)24-12-3-4-14-11(8-12)5-6-21-14/h3-4,8-10,15,21H,5-7H2,1-2H3,(H,22,23). The van der Waals surface area contributed by atoms with Gasteiger partial charge in [-0.15, -0.1) is 0 Å². The minimum Gasteiger partial charge on any atom is -0.486 e. The van der Waals surface area contributed by atoms with Crippen molar-refractivity contribution in [3.63, 3.8) is 0 Å². The molecule has 0 amide bonds. The molecule has 130 valence electrons. The number of anilines is 1. The molecule has 1 aromatic carbocycles. The van der Waals surface area contributed by atoms with E-state index in [9.17, 15) is 13.2 Å². The van der Waals surface area contributed by atoms with Gasteiger partial charge >= 0.3 is 6.18 Å². The summed E-state index contributed by atoms with van der Waals surface area (Å²) in [6, 6.07) is 5.60. The second kappa shape index (κ2) is 6.37. The number of aromatic amines is 1. The van der Waals surface area contributed by atoms with E-state index in [2.05, 4.69) is 15.5 Å². The van der Waals surface area contributed by atoms with Gasteiger partial charge in [0, 0.05) is 17.8 Å². The van der Waals surface area contributed by atoms with E-state index in [1.165, 1.54) is 6.20 Å². The Hall–Kier alpha value is -2.18. The van der Waals surface area contributed by atoms with E-state index in [-0.39, 0.29) is 11.5 Å². The van der Waals surface area contributed by atoms with Crippen molar-refractivity contribution < 1.29 is 17.9 Å². The van der Waals surface area contributed by atoms with Crippen LogP contribution >= 0.6 is 0 Å². The zero-order chi connectivity index (χ0) is 17.3. The van der Waals surface area contributed by atoms with E-state index >= 15 is 0 Å². The summed E-state index contributed by atoms with van der Waals surface area (Å²) in [6.07, 6.45) is -2.61. The lowest BCUT2D eigenvalue weighted by molar-refractivity contribution is -0.142. The van der Waals surface area contributed by atoms with Crippen molar-refractivity contribution in [1.82, 2.24) is 10.2 Å². The van der Waals surface area contributed by atoms with Crippen LogP contribution in [0.25, 0.3) is 0 Å². The molecule has 0 fully saturated rings. The number of rotatable bonds is 5. The highest BCUT2D eigenvalue weighted by atomic mass is 19.4. The van der Waals surface area contributed by atoms with E-state index in [1.54, 1.807) is 6.07 Å². The summed E-state index contributed by atoms with van der Waals surface area (Å²) in [5.74, 6) is 0.763. The number of hydrogen-bond donors (Lipinski definition) is 2. The molecule has 0 saturated heterocycles. The predicted octanol–water partition coefficient (Wildman–Crippen LogP) is 4.56. The molecular weight excluding hydrogens is 319 g/mol. The third-order valence-electron chi connectivity index (χ3n) is 4.05. The average molecular weight is 339 g/mol. The fourth-order valence-electron chi connectivity index (χ4n) is 2.95. The van der Waals surface area contributed by atoms with Crippen LogP contribution in [-0.2, 0) is 12.6 Å². The smallest absolute Gasteiger partial charge is 0.433 e. The number of benzene rings is 1. The third-order valence-corrected chi connectivity index (χ3v) is 4.05. The number of halogens is 3. The lowest BCUT2D eigenvalue weighted by Gasteiger charge is -2.22. The van der Waals surface area contributed by atoms with Gasteiger partial charge in [-0.25, -0.2) is 0 Å². The highest BCUT2D eigenvalue weighted by Crippen LogP contribution is 2.37. The Kier molecular flexibility index (Phi) is 4.43. The maximum Gasteiger partial charge on any atom is 0.433 e. The normalized spacial score (nSPS) is 15.2. The number of H-pyrrole nitrogens is 1. The van der Waals surface area contributed by atoms with Gasteiger partial charge < -0.3 is 10.1 Å². The summed E-state index contributed by atoms with van der Waals surface area (Å²) >= 11 is 0. The van der Waals surface area contributed by atoms with Crippen molar-refractivity contribution in [2.24, 2.45) is 5.92 Å². The summed E-state index contributed by atoms with van der Waals surface area (Å²) in [5.41, 5.74) is 1.40. The summed E-state index contributed by atoms with van der Waals surface area (Å²) in [7, 11) is 0. The maximum absolute atomic E-state index is 13.2. The van der Waals surface area contributed by atoms with Crippen LogP contribution in [0.15, 0.2) is 24.4 Å². The van der Waals surface area contributed by atoms with Crippen LogP contribution in [0.1, 0.15) is 43.2 Å². The number of hydrogen-bond acceptors (Lipinski definition) is 3. The maximum atomic E-state index is 13.2. The van der Waals surface area contributed by atoms with Crippen LogP contribution in [0.3, 0.4) is 0 Å². The highest BCUT2D eigenvalue weighted by molar-refractivity contribution is 5.57. The molecular formula is C17H20F3N3O. The molecule has 24 heavy (non-hydrogen) atoms. The van der Waals surface area contributed by atoms with Gasteiger partial charge in [0.2, 0.25) is 0 Å². The Morgan fingerprint density at radius 2 is 2.08 bits per heavy atom. The first-order valence-corrected chi connectivity index (χ1v) is 7.98. The van der Waals surface area contributed by atoms with Crippen LogP contribution in [0, 0.1) is 5.92 Å². The molecule has 2 aromatic rings. The molecule has 1 aliphatic heterocycles. The van der Waals surface area contributed by atoms with E-state index < -0.39 is 18.0 Å². The molecule has 3 rings (SSSR count). The van der Waals surface area contributed by atoms with Gasteiger partial charge in [0.1, 0.15) is 17.5 Å². The number of nitrogens with one attached hydrogen (secondary N) is 2. The van der Waals surface area contributed by atoms with Crippen molar-refractivity contribution in [3.05, 3.63) is 41.2 Å². The monoisotopic (exact) mass is 339 g/mol. The number of ether oxygens (including phenoxy) is 1. The zero-order valence-corrected chi connectivity index (χ0v) is 13.6. The van der Waals surface area contributed by atoms with Crippen LogP contribution in [0.4, 0.5) is 18.9 Å². The van der Waals surface area contributed by atoms with Gasteiger partial charge in [-0.1, -0.05) is 13.8 Å². The minimum absolute atomic E-state index is 0.0508. The summed E-state index contributed by atoms with van der Waals surface area (Å²) in [6.45, 7) is 4.78. The molecule has 1 unspecified atom stereocenters. The fraction of sp³-hybridized carbons (Fsp3) is 0.471. The Balaban J connectivity index is 1.89. The van der Waals surface area contributed by atoms with Crippen molar-refractivity contribution >= 4 is 5.69 Å². The fourth-order valence-corrected chi connectivity index (χ4v) is 2.95. The van der Waals surface area contributed by atoms with E-state index in [1.807, 2.05) is 26.0 Å². The molecule has 0 spiro atoms. The molecule has 0 saturated carbocycles. The molecule has 0 bridgehead atoms. The minimum atomic E-state index is -4.48. The largest absolute Gasteiger partial charge is 0.486 e. The predicted molar refractivity (Wildman–Crippen MR) is 85.0 cm³/mol. The average Bonchev–Trinajstić information content (AvgIpc) is 3.14. The summed E-state index contributed by atoms with van der Waals surface area (Å²) in [4.78, 5) is 0. The molecule has 0 radical (unpaired) electrons. The van der Waals surface area contributed by atoms with Crippen LogP contribution < -0.4 is 10.1 Å². The first-order valence-electron chi connectivity index (χ1n) is 7.98. The van der Waals surface area contributed by atoms with Crippen molar-refractivity contribution in [3.8, 4) is 5.75 Å². The SMILES string of the molecule is CC(C)CC(Oc1ccc2c(c1)CCN2)c1cn[nH]c1C(F)(F)F. The highest BCUT2D eigenvalue weighted by Gasteiger charge is 2.38. The molecule has 7 heteroatoms. The van der Waals surface area contributed by atoms with Crippen LogP contribution in [0.2, 0.25) is 0 Å². The van der Waals surface area contributed by atoms with Crippen molar-refractivity contribution in [1.29, 1.82) is 0 Å². The molecule has 2 N–H and O–H groups in total. The van der Waals surface area contributed by atoms with E-state index in [4.69, 9.17) is 4.74 Å². The number of aromatic nitrogens is 2. The summed E-state index contributed by atoms with van der Waals surface area (Å²) in [5, 5.41) is 8.89. The number of alkyl halides is 3. The van der Waals surface area contributed by atoms with Crippen molar-refractivity contribution in [2.45, 2.75) is 39.0 Å². The van der Waals surface area contributed by atoms with Gasteiger partial charge in [0.25, 0.3) is 0 Å². The van der Waals surface area contributed by atoms with Gasteiger partial charge in [-0.3, -0.25) is 5.10 Å². The van der Waals surface area contributed by atoms with Gasteiger partial charge in [0.05, 0.1) is 6.20 Å². The zero-order valence-electron chi connectivity index (χ0n) is 13.6. The Morgan fingerprint density at radius 3 is 2.79 bits per heavy atom. The van der Waals surface area contributed by atoms with Crippen molar-refractivity contribution in [2.75, 3.05) is 11.9 Å². The Morgan fingerprint density at radius 1 is 1.29 bits per heavy atom. The Bertz CT molecular complexity index is 709. The summed E-state index contributed by atoms with van der Waals surface area (Å²) < 4.78 is 45.4. The van der Waals surface area contributed by atoms with E-state index in [0.29, 0.717) is 12.2 Å². The molecule has 1 aliphatic rings. The first-order chi connectivity index (χ1) is 11.3. The molecule has 2 heterocycles. The Labute approximate surface area is 138 Å². The lowest BCUT2D eigenvalue weighted by atomic mass is 9.99. The lowest BCUT2D eigenvalue weighted by Crippen LogP contribution is -2.16. The van der Waals surface area contributed by atoms with Gasteiger partial charge in [0.15, 0.2) is 0 Å². The van der Waals surface area contributed by atoms with Gasteiger partial charge in [-0.05, 0) is 42.5 Å². The van der Waals surface area contributed by atoms with Crippen LogP contribution in [0.5, 0.6) is 5.75 Å². The van der Waals surface area contributed by atoms with Crippen LogP contribution in [-0.4, -0.2) is 16.7 Å². The molecule has 4 nitrogen and oxygen atoms in total. The van der Waals surface area contributed by atoms with Gasteiger partial charge in [-0.2, -0.15) is 18.3 Å². The first kappa shape index (κ1) is 16.7. The number of fused-ring (bicyclic) bond motifs is 1. The second-order valence-corrected chi connectivity index (χ2v) is 6.43. The quantitative estimate of drug-likeness (QED) is 0.839. The molecule has 0 aliphatic carbocycles. The second-order valence-electron chi connectivity index (χ2n) is 6.43. The third kappa shape index (κ3) is 3.49. The molecule has 1 atom stereocenters. The molecule has 1 aromatic heterocycles. The van der Waals surface area contributed by atoms with E-state index in [0.717, 1.165) is 24.2 Å².